The molecule has 0 radical (unpaired) electrons. The number of aromatic nitrogens is 3. The lowest BCUT2D eigenvalue weighted by Crippen LogP contribution is -2.41. The minimum absolute atomic E-state index is 0.408. The van der Waals surface area contributed by atoms with Gasteiger partial charge in [0.1, 0.15) is 6.33 Å². The van der Waals surface area contributed by atoms with E-state index < -0.39 is 0 Å². The second-order valence-electron chi connectivity index (χ2n) is 6.83. The Morgan fingerprint density at radius 1 is 1.24 bits per heavy atom. The van der Waals surface area contributed by atoms with Gasteiger partial charge in [-0.1, -0.05) is 44.9 Å². The summed E-state index contributed by atoms with van der Waals surface area (Å²) in [7, 11) is 1.81. The Morgan fingerprint density at radius 3 is 2.76 bits per heavy atom. The van der Waals surface area contributed by atoms with Crippen LogP contribution in [0.5, 0.6) is 0 Å². The molecule has 0 fully saturated rings. The molecule has 2 rings (SSSR count). The van der Waals surface area contributed by atoms with Gasteiger partial charge in [0.2, 0.25) is 0 Å². The van der Waals surface area contributed by atoms with Gasteiger partial charge >= 0.3 is 0 Å². The lowest BCUT2D eigenvalue weighted by molar-refractivity contribution is 0.491. The standard InChI is InChI=1S/C19H30N6/c1-14(2)7-5-8-15(3)24-19(20-4)21-12-16-9-6-10-17(11-16)18-22-13-23-25-18/h6,9-11,13-15H,5,7-8,12H2,1-4H3,(H2,20,21,24)(H,22,23,25). The SMILES string of the molecule is CN=C(NCc1cccc(-c2ncn[nH]2)c1)NC(C)CCCC(C)C. The number of nitrogens with zero attached hydrogens (tertiary/aromatic N) is 3. The van der Waals surface area contributed by atoms with Crippen LogP contribution in [-0.4, -0.2) is 34.2 Å². The third kappa shape index (κ3) is 6.57. The van der Waals surface area contributed by atoms with Crippen LogP contribution in [0.2, 0.25) is 0 Å². The molecule has 0 bridgehead atoms. The first kappa shape index (κ1) is 19.0. The molecule has 0 saturated carbocycles. The number of guanidine groups is 1. The zero-order valence-electron chi connectivity index (χ0n) is 15.7. The Balaban J connectivity index is 1.83. The first-order valence-corrected chi connectivity index (χ1v) is 9.00. The Kier molecular flexibility index (Phi) is 7.44. The van der Waals surface area contributed by atoms with Crippen LogP contribution in [-0.2, 0) is 6.54 Å². The Morgan fingerprint density at radius 2 is 2.08 bits per heavy atom. The van der Waals surface area contributed by atoms with Crippen LogP contribution in [0, 0.1) is 5.92 Å². The van der Waals surface area contributed by atoms with Gasteiger partial charge in [0.05, 0.1) is 0 Å². The maximum absolute atomic E-state index is 4.32. The summed E-state index contributed by atoms with van der Waals surface area (Å²) in [6.45, 7) is 7.45. The van der Waals surface area contributed by atoms with Crippen LogP contribution in [0.25, 0.3) is 11.4 Å². The van der Waals surface area contributed by atoms with Gasteiger partial charge in [-0.2, -0.15) is 5.10 Å². The smallest absolute Gasteiger partial charge is 0.191 e. The number of nitrogens with one attached hydrogen (secondary N) is 3. The minimum atomic E-state index is 0.408. The molecule has 0 aliphatic carbocycles. The summed E-state index contributed by atoms with van der Waals surface area (Å²) in [5.41, 5.74) is 2.20. The van der Waals surface area contributed by atoms with Crippen molar-refractivity contribution in [3.05, 3.63) is 36.2 Å². The molecule has 6 heteroatoms. The molecule has 3 N–H and O–H groups in total. The fraction of sp³-hybridized carbons (Fsp3) is 0.526. The van der Waals surface area contributed by atoms with E-state index in [1.165, 1.54) is 24.7 Å². The molecule has 1 atom stereocenters. The number of aliphatic imine (C=N–C) groups is 1. The molecular weight excluding hydrogens is 312 g/mol. The van der Waals surface area contributed by atoms with E-state index in [-0.39, 0.29) is 0 Å². The number of aromatic amines is 1. The first-order chi connectivity index (χ1) is 12.1. The number of rotatable bonds is 8. The van der Waals surface area contributed by atoms with Gasteiger partial charge < -0.3 is 10.6 Å². The van der Waals surface area contributed by atoms with Crippen molar-refractivity contribution in [1.82, 2.24) is 25.8 Å². The zero-order valence-corrected chi connectivity index (χ0v) is 15.7. The molecule has 1 heterocycles. The molecule has 0 amide bonds. The second kappa shape index (κ2) is 9.81. The third-order valence-electron chi connectivity index (χ3n) is 4.10. The lowest BCUT2D eigenvalue weighted by atomic mass is 10.0. The number of hydrogen-bond acceptors (Lipinski definition) is 3. The van der Waals surface area contributed by atoms with E-state index in [0.29, 0.717) is 12.6 Å². The second-order valence-corrected chi connectivity index (χ2v) is 6.83. The maximum Gasteiger partial charge on any atom is 0.191 e. The van der Waals surface area contributed by atoms with Crippen molar-refractivity contribution in [2.24, 2.45) is 10.9 Å². The zero-order chi connectivity index (χ0) is 18.1. The molecule has 0 aliphatic rings. The van der Waals surface area contributed by atoms with Crippen molar-refractivity contribution in [2.45, 2.75) is 52.6 Å². The van der Waals surface area contributed by atoms with Crippen LogP contribution in [0.4, 0.5) is 0 Å². The van der Waals surface area contributed by atoms with E-state index in [4.69, 9.17) is 0 Å². The quantitative estimate of drug-likeness (QED) is 0.508. The monoisotopic (exact) mass is 342 g/mol. The van der Waals surface area contributed by atoms with Crippen molar-refractivity contribution in [2.75, 3.05) is 7.05 Å². The Bertz CT molecular complexity index is 648. The van der Waals surface area contributed by atoms with Crippen LogP contribution in [0.1, 0.15) is 45.6 Å². The summed E-state index contributed by atoms with van der Waals surface area (Å²) in [6.07, 6.45) is 5.18. The average Bonchev–Trinajstić information content (AvgIpc) is 3.13. The molecule has 0 aliphatic heterocycles. The molecule has 0 saturated heterocycles. The molecule has 1 aromatic carbocycles. The molecule has 25 heavy (non-hydrogen) atoms. The van der Waals surface area contributed by atoms with Crippen LogP contribution >= 0.6 is 0 Å². The maximum atomic E-state index is 4.32. The van der Waals surface area contributed by atoms with E-state index in [1.807, 2.05) is 12.1 Å². The fourth-order valence-corrected chi connectivity index (χ4v) is 2.69. The molecular formula is C19H30N6. The summed E-state index contributed by atoms with van der Waals surface area (Å²) in [5.74, 6) is 2.38. The van der Waals surface area contributed by atoms with Crippen LogP contribution in [0.3, 0.4) is 0 Å². The lowest BCUT2D eigenvalue weighted by Gasteiger charge is -2.18. The predicted molar refractivity (Wildman–Crippen MR) is 103 cm³/mol. The van der Waals surface area contributed by atoms with Crippen LogP contribution < -0.4 is 10.6 Å². The van der Waals surface area contributed by atoms with Crippen molar-refractivity contribution < 1.29 is 0 Å². The largest absolute Gasteiger partial charge is 0.354 e. The highest BCUT2D eigenvalue weighted by molar-refractivity contribution is 5.79. The average molecular weight is 342 g/mol. The van der Waals surface area contributed by atoms with Crippen molar-refractivity contribution in [3.63, 3.8) is 0 Å². The molecule has 1 aromatic heterocycles. The fourth-order valence-electron chi connectivity index (χ4n) is 2.69. The summed E-state index contributed by atoms with van der Waals surface area (Å²) in [5, 5.41) is 13.6. The van der Waals surface area contributed by atoms with Crippen molar-refractivity contribution in [1.29, 1.82) is 0 Å². The Hall–Kier alpha value is -2.37. The third-order valence-corrected chi connectivity index (χ3v) is 4.10. The van der Waals surface area contributed by atoms with E-state index >= 15 is 0 Å². The molecule has 136 valence electrons. The van der Waals surface area contributed by atoms with E-state index in [0.717, 1.165) is 29.7 Å². The topological polar surface area (TPSA) is 78.0 Å². The summed E-state index contributed by atoms with van der Waals surface area (Å²) in [6, 6.07) is 8.65. The van der Waals surface area contributed by atoms with Gasteiger partial charge in [-0.15, -0.1) is 0 Å². The van der Waals surface area contributed by atoms with Gasteiger partial charge in [0, 0.05) is 25.2 Å². The molecule has 6 nitrogen and oxygen atoms in total. The molecule has 0 spiro atoms. The van der Waals surface area contributed by atoms with Crippen molar-refractivity contribution in [3.8, 4) is 11.4 Å². The van der Waals surface area contributed by atoms with Gasteiger partial charge in [-0.3, -0.25) is 10.1 Å². The van der Waals surface area contributed by atoms with E-state index in [9.17, 15) is 0 Å². The number of hydrogen-bond donors (Lipinski definition) is 3. The van der Waals surface area contributed by atoms with E-state index in [1.54, 1.807) is 7.05 Å². The van der Waals surface area contributed by atoms with Gasteiger partial charge in [0.15, 0.2) is 11.8 Å². The number of H-pyrrole nitrogens is 1. The minimum Gasteiger partial charge on any atom is -0.354 e. The van der Waals surface area contributed by atoms with Crippen molar-refractivity contribution >= 4 is 5.96 Å². The van der Waals surface area contributed by atoms with Gasteiger partial charge in [0.25, 0.3) is 0 Å². The van der Waals surface area contributed by atoms with Crippen LogP contribution in [0.15, 0.2) is 35.6 Å². The Labute approximate surface area is 150 Å². The van der Waals surface area contributed by atoms with Gasteiger partial charge in [-0.25, -0.2) is 4.98 Å². The number of benzene rings is 1. The normalized spacial score (nSPS) is 13.1. The molecule has 1 unspecified atom stereocenters. The molecule has 2 aromatic rings. The van der Waals surface area contributed by atoms with Gasteiger partial charge in [-0.05, 0) is 30.9 Å². The highest BCUT2D eigenvalue weighted by atomic mass is 15.2. The summed E-state index contributed by atoms with van der Waals surface area (Å²) < 4.78 is 0. The predicted octanol–water partition coefficient (Wildman–Crippen LogP) is 3.35. The highest BCUT2D eigenvalue weighted by Gasteiger charge is 2.07. The first-order valence-electron chi connectivity index (χ1n) is 9.00. The summed E-state index contributed by atoms with van der Waals surface area (Å²) >= 11 is 0. The highest BCUT2D eigenvalue weighted by Crippen LogP contribution is 2.15. The summed E-state index contributed by atoms with van der Waals surface area (Å²) in [4.78, 5) is 8.52. The van der Waals surface area contributed by atoms with E-state index in [2.05, 4.69) is 63.7 Å².